The first-order valence-electron chi connectivity index (χ1n) is 20.7. The summed E-state index contributed by atoms with van der Waals surface area (Å²) in [6.07, 6.45) is 7.99. The molecular formula is C54H40N6. The summed E-state index contributed by atoms with van der Waals surface area (Å²) in [5, 5.41) is 22.2. The summed E-state index contributed by atoms with van der Waals surface area (Å²) in [5.41, 5.74) is 14.5. The van der Waals surface area contributed by atoms with Crippen LogP contribution in [0.3, 0.4) is 0 Å². The standard InChI is InChI=1S/C54H40N6/c1-3-10-37(11-4-1)52-58-53(38-12-5-2-6-13-38)60-54(59-52)42-29-40(28-41(30-42)45-31-39-16-7-14-34-21-22-35-15-8-17-43(45)49(35)48(34)39)33-19-23-36(24-20-33)50-44-25-27-55-32-46(44)51-47(57-50)18-9-26-56-51/h1-25,27-31,52,54-56,59H,26,32H2,(H,58,60). The number of nitrogens with one attached hydrogen (secondary N) is 4. The normalized spacial score (nSPS) is 16.8. The van der Waals surface area contributed by atoms with Crippen LogP contribution in [0.5, 0.6) is 0 Å². The van der Waals surface area contributed by atoms with Crippen LogP contribution in [0.15, 0.2) is 175 Å². The molecule has 8 aromatic carbocycles. The van der Waals surface area contributed by atoms with E-state index in [1.807, 2.05) is 12.3 Å². The minimum Gasteiger partial charge on any atom is -0.387 e. The Bertz CT molecular complexity index is 3200. The third-order valence-corrected chi connectivity index (χ3v) is 12.3. The number of hydrogen-bond donors (Lipinski definition) is 4. The van der Waals surface area contributed by atoms with Crippen LogP contribution in [0.2, 0.25) is 0 Å². The van der Waals surface area contributed by atoms with Gasteiger partial charge in [0.05, 0.1) is 17.1 Å². The SMILES string of the molecule is C1=Cc2nc(-c3ccc(-c4cc(-c5cc6cccc7ccc8cccc5c8c76)cc(C5N=C(c6ccccc6)NC(c6ccccc6)N5)c4)cc3)c3c(c2NC1)CNC=C3. The Balaban J connectivity index is 1.04. The topological polar surface area (TPSA) is 73.4 Å². The monoisotopic (exact) mass is 772 g/mol. The molecule has 6 nitrogen and oxygen atoms in total. The number of aromatic nitrogens is 1. The van der Waals surface area contributed by atoms with Crippen LogP contribution in [-0.4, -0.2) is 17.4 Å². The van der Waals surface area contributed by atoms with Gasteiger partial charge in [-0.1, -0.05) is 140 Å². The van der Waals surface area contributed by atoms with Gasteiger partial charge < -0.3 is 16.0 Å². The molecular weight excluding hydrogens is 733 g/mol. The molecule has 0 aliphatic carbocycles. The molecule has 60 heavy (non-hydrogen) atoms. The highest BCUT2D eigenvalue weighted by Crippen LogP contribution is 2.43. The second-order valence-corrected chi connectivity index (χ2v) is 15.9. The zero-order valence-corrected chi connectivity index (χ0v) is 32.8. The van der Waals surface area contributed by atoms with Crippen molar-refractivity contribution in [2.75, 3.05) is 11.9 Å². The van der Waals surface area contributed by atoms with Crippen molar-refractivity contribution in [1.82, 2.24) is 20.9 Å². The summed E-state index contributed by atoms with van der Waals surface area (Å²) in [4.78, 5) is 10.6. The number of amidine groups is 1. The fraction of sp³-hybridized carbons (Fsp3) is 0.0741. The number of aliphatic imine (C=N–C) groups is 1. The summed E-state index contributed by atoms with van der Waals surface area (Å²) in [6, 6.07) is 57.2. The van der Waals surface area contributed by atoms with Gasteiger partial charge in [0.2, 0.25) is 0 Å². The number of anilines is 1. The molecule has 0 bridgehead atoms. The maximum absolute atomic E-state index is 5.40. The summed E-state index contributed by atoms with van der Waals surface area (Å²) in [6.45, 7) is 1.58. The van der Waals surface area contributed by atoms with Crippen LogP contribution in [0, 0.1) is 0 Å². The third kappa shape index (κ3) is 5.83. The van der Waals surface area contributed by atoms with E-state index in [9.17, 15) is 0 Å². The van der Waals surface area contributed by atoms with E-state index in [2.05, 4.69) is 191 Å². The summed E-state index contributed by atoms with van der Waals surface area (Å²) in [7, 11) is 0. The van der Waals surface area contributed by atoms with E-state index in [1.165, 1.54) is 43.4 Å². The van der Waals surface area contributed by atoms with Crippen molar-refractivity contribution in [2.24, 2.45) is 4.99 Å². The molecule has 2 atom stereocenters. The molecule has 0 fully saturated rings. The first-order valence-corrected chi connectivity index (χ1v) is 20.7. The molecule has 0 radical (unpaired) electrons. The zero-order valence-electron chi connectivity index (χ0n) is 32.8. The summed E-state index contributed by atoms with van der Waals surface area (Å²) >= 11 is 0. The molecule has 0 saturated carbocycles. The Morgan fingerprint density at radius 3 is 2.17 bits per heavy atom. The Kier molecular flexibility index (Phi) is 8.10. The minimum atomic E-state index is -0.325. The van der Waals surface area contributed by atoms with E-state index in [1.54, 1.807) is 0 Å². The van der Waals surface area contributed by atoms with E-state index in [0.29, 0.717) is 0 Å². The molecule has 3 aliphatic rings. The third-order valence-electron chi connectivity index (χ3n) is 12.3. The van der Waals surface area contributed by atoms with E-state index in [4.69, 9.17) is 9.98 Å². The number of fused-ring (bicyclic) bond motifs is 3. The van der Waals surface area contributed by atoms with Gasteiger partial charge in [-0.05, 0) is 108 Å². The molecule has 9 aromatic rings. The van der Waals surface area contributed by atoms with Gasteiger partial charge in [-0.15, -0.1) is 0 Å². The quantitative estimate of drug-likeness (QED) is 0.127. The molecule has 0 amide bonds. The van der Waals surface area contributed by atoms with Crippen molar-refractivity contribution in [2.45, 2.75) is 18.9 Å². The van der Waals surface area contributed by atoms with E-state index >= 15 is 0 Å². The van der Waals surface area contributed by atoms with Gasteiger partial charge in [0, 0.05) is 35.3 Å². The Labute approximate surface area is 348 Å². The van der Waals surface area contributed by atoms with E-state index in [-0.39, 0.29) is 12.3 Å². The minimum absolute atomic E-state index is 0.147. The maximum atomic E-state index is 5.40. The molecule has 0 saturated heterocycles. The van der Waals surface area contributed by atoms with Crippen LogP contribution in [0.1, 0.15) is 45.8 Å². The Hall–Kier alpha value is -7.54. The molecule has 0 spiro atoms. The van der Waals surface area contributed by atoms with Gasteiger partial charge in [0.1, 0.15) is 18.2 Å². The van der Waals surface area contributed by atoms with Crippen molar-refractivity contribution in [3.8, 4) is 33.5 Å². The first kappa shape index (κ1) is 34.5. The predicted molar refractivity (Wildman–Crippen MR) is 249 cm³/mol. The summed E-state index contributed by atoms with van der Waals surface area (Å²) < 4.78 is 0. The van der Waals surface area contributed by atoms with Crippen molar-refractivity contribution in [3.05, 3.63) is 204 Å². The smallest absolute Gasteiger partial charge is 0.131 e. The zero-order chi connectivity index (χ0) is 39.6. The fourth-order valence-electron chi connectivity index (χ4n) is 9.45. The van der Waals surface area contributed by atoms with E-state index in [0.717, 1.165) is 80.5 Å². The fourth-order valence-corrected chi connectivity index (χ4v) is 9.45. The largest absolute Gasteiger partial charge is 0.387 e. The van der Waals surface area contributed by atoms with Crippen molar-refractivity contribution in [1.29, 1.82) is 0 Å². The van der Waals surface area contributed by atoms with Crippen LogP contribution in [0.4, 0.5) is 5.69 Å². The second kappa shape index (κ2) is 14.1. The molecule has 12 rings (SSSR count). The van der Waals surface area contributed by atoms with Gasteiger partial charge in [0.15, 0.2) is 0 Å². The molecule has 6 heteroatoms. The highest BCUT2D eigenvalue weighted by molar-refractivity contribution is 6.26. The molecule has 2 unspecified atom stereocenters. The van der Waals surface area contributed by atoms with Crippen LogP contribution < -0.4 is 21.3 Å². The average Bonchev–Trinajstić information content (AvgIpc) is 3.33. The molecule has 4 heterocycles. The van der Waals surface area contributed by atoms with Gasteiger partial charge in [-0.3, -0.25) is 5.32 Å². The van der Waals surface area contributed by atoms with Gasteiger partial charge in [0.25, 0.3) is 0 Å². The van der Waals surface area contributed by atoms with Crippen molar-refractivity contribution < 1.29 is 0 Å². The molecule has 1 aromatic heterocycles. The lowest BCUT2D eigenvalue weighted by atomic mass is 9.87. The number of hydrogen-bond acceptors (Lipinski definition) is 6. The molecule has 4 N–H and O–H groups in total. The Morgan fingerprint density at radius 1 is 0.567 bits per heavy atom. The van der Waals surface area contributed by atoms with Crippen LogP contribution >= 0.6 is 0 Å². The maximum Gasteiger partial charge on any atom is 0.131 e. The first-order chi connectivity index (χ1) is 29.7. The van der Waals surface area contributed by atoms with Crippen molar-refractivity contribution >= 4 is 56.0 Å². The Morgan fingerprint density at radius 2 is 1.32 bits per heavy atom. The number of pyridine rings is 1. The number of rotatable bonds is 6. The number of nitrogens with zero attached hydrogens (tertiary/aromatic N) is 2. The van der Waals surface area contributed by atoms with Crippen LogP contribution in [0.25, 0.3) is 78.0 Å². The summed E-state index contributed by atoms with van der Waals surface area (Å²) in [5.74, 6) is 0.863. The lowest BCUT2D eigenvalue weighted by molar-refractivity contribution is 0.409. The van der Waals surface area contributed by atoms with Crippen LogP contribution in [-0.2, 0) is 6.54 Å². The lowest BCUT2D eigenvalue weighted by Crippen LogP contribution is -2.44. The average molecular weight is 773 g/mol. The second-order valence-electron chi connectivity index (χ2n) is 15.9. The predicted octanol–water partition coefficient (Wildman–Crippen LogP) is 11.8. The van der Waals surface area contributed by atoms with E-state index < -0.39 is 0 Å². The molecule has 286 valence electrons. The highest BCUT2D eigenvalue weighted by atomic mass is 15.3. The lowest BCUT2D eigenvalue weighted by Gasteiger charge is -2.32. The van der Waals surface area contributed by atoms with Gasteiger partial charge >= 0.3 is 0 Å². The molecule has 3 aliphatic heterocycles. The van der Waals surface area contributed by atoms with Crippen molar-refractivity contribution in [3.63, 3.8) is 0 Å². The van der Waals surface area contributed by atoms with Gasteiger partial charge in [-0.2, -0.15) is 0 Å². The van der Waals surface area contributed by atoms with Gasteiger partial charge in [-0.25, -0.2) is 9.98 Å². The highest BCUT2D eigenvalue weighted by Gasteiger charge is 2.27. The number of benzene rings is 8.